The van der Waals surface area contributed by atoms with Gasteiger partial charge in [-0.3, -0.25) is 20.4 Å². The molecule has 2 atom stereocenters. The molecule has 2 rings (SSSR count). The van der Waals surface area contributed by atoms with E-state index >= 15 is 0 Å². The van der Waals surface area contributed by atoms with Gasteiger partial charge in [0.1, 0.15) is 11.4 Å². The van der Waals surface area contributed by atoms with E-state index in [-0.39, 0.29) is 18.0 Å². The highest BCUT2D eigenvalue weighted by Crippen LogP contribution is 2.26. The van der Waals surface area contributed by atoms with Crippen LogP contribution >= 0.6 is 0 Å². The van der Waals surface area contributed by atoms with Gasteiger partial charge in [0.25, 0.3) is 0 Å². The Bertz CT molecular complexity index is 702. The molecule has 1 aliphatic carbocycles. The second-order valence-corrected chi connectivity index (χ2v) is 7.60. The van der Waals surface area contributed by atoms with E-state index in [1.807, 2.05) is 0 Å². The van der Waals surface area contributed by atoms with Crippen LogP contribution in [0.5, 0.6) is 0 Å². The normalized spacial score (nSPS) is 19.3. The summed E-state index contributed by atoms with van der Waals surface area (Å²) in [7, 11) is 0. The molecule has 0 aliphatic heterocycles. The Morgan fingerprint density at radius 3 is 2.52 bits per heavy atom. The second kappa shape index (κ2) is 8.83. The third-order valence-electron chi connectivity index (χ3n) is 4.19. The molecule has 0 saturated heterocycles. The van der Waals surface area contributed by atoms with Gasteiger partial charge in [0.2, 0.25) is 11.8 Å². The standard InChI is InChI=1S/C19H26FN3O4/c1-19(2,3)27-18(26)21-15-10-6-8-13(15)17(25)23-22-16(24)11-12-7-4-5-9-14(12)20/h4-5,7,9,13,15H,6,8,10-11H2,1-3H3,(H,21,26)(H,22,24)(H,23,25)/t13-,15-/m0/s1. The van der Waals surface area contributed by atoms with E-state index in [1.54, 1.807) is 26.8 Å². The molecule has 3 N–H and O–H groups in total. The fraction of sp³-hybridized carbons (Fsp3) is 0.526. The third kappa shape index (κ3) is 6.54. The molecule has 0 aromatic heterocycles. The van der Waals surface area contributed by atoms with Crippen molar-refractivity contribution in [2.45, 2.75) is 58.1 Å². The number of benzene rings is 1. The summed E-state index contributed by atoms with van der Waals surface area (Å²) >= 11 is 0. The van der Waals surface area contributed by atoms with Crippen molar-refractivity contribution >= 4 is 17.9 Å². The largest absolute Gasteiger partial charge is 0.444 e. The molecule has 0 bridgehead atoms. The van der Waals surface area contributed by atoms with E-state index in [2.05, 4.69) is 16.2 Å². The van der Waals surface area contributed by atoms with Crippen LogP contribution in [-0.4, -0.2) is 29.6 Å². The van der Waals surface area contributed by atoms with Crippen molar-refractivity contribution in [2.24, 2.45) is 5.92 Å². The zero-order chi connectivity index (χ0) is 20.0. The number of hydrogen-bond donors (Lipinski definition) is 3. The van der Waals surface area contributed by atoms with Crippen LogP contribution in [0.2, 0.25) is 0 Å². The fourth-order valence-corrected chi connectivity index (χ4v) is 2.99. The Hall–Kier alpha value is -2.64. The minimum atomic E-state index is -0.624. The molecule has 148 valence electrons. The van der Waals surface area contributed by atoms with Crippen LogP contribution < -0.4 is 16.2 Å². The highest BCUT2D eigenvalue weighted by molar-refractivity contribution is 5.85. The lowest BCUT2D eigenvalue weighted by Gasteiger charge is -2.24. The highest BCUT2D eigenvalue weighted by Gasteiger charge is 2.35. The van der Waals surface area contributed by atoms with Gasteiger partial charge < -0.3 is 10.1 Å². The SMILES string of the molecule is CC(C)(C)OC(=O)N[C@H]1CCC[C@@H]1C(=O)NNC(=O)Cc1ccccc1F. The van der Waals surface area contributed by atoms with Gasteiger partial charge in [0, 0.05) is 6.04 Å². The average molecular weight is 379 g/mol. The predicted octanol–water partition coefficient (Wildman–Crippen LogP) is 2.21. The maximum atomic E-state index is 13.6. The average Bonchev–Trinajstić information content (AvgIpc) is 3.01. The summed E-state index contributed by atoms with van der Waals surface area (Å²) in [5, 5.41) is 2.72. The maximum absolute atomic E-state index is 13.6. The molecule has 1 aromatic rings. The van der Waals surface area contributed by atoms with Crippen LogP contribution in [0.4, 0.5) is 9.18 Å². The summed E-state index contributed by atoms with van der Waals surface area (Å²) < 4.78 is 18.8. The van der Waals surface area contributed by atoms with E-state index in [1.165, 1.54) is 18.2 Å². The Labute approximate surface area is 158 Å². The summed E-state index contributed by atoms with van der Waals surface area (Å²) in [5.74, 6) is -1.86. The molecular weight excluding hydrogens is 353 g/mol. The Morgan fingerprint density at radius 1 is 1.15 bits per heavy atom. The molecule has 1 aromatic carbocycles. The minimum absolute atomic E-state index is 0.183. The lowest BCUT2D eigenvalue weighted by Crippen LogP contribution is -2.50. The second-order valence-electron chi connectivity index (χ2n) is 7.60. The first-order valence-electron chi connectivity index (χ1n) is 8.97. The number of amides is 3. The van der Waals surface area contributed by atoms with Gasteiger partial charge in [0.15, 0.2) is 0 Å². The molecule has 0 spiro atoms. The lowest BCUT2D eigenvalue weighted by molar-refractivity contribution is -0.131. The Morgan fingerprint density at radius 2 is 1.85 bits per heavy atom. The van der Waals surface area contributed by atoms with E-state index in [0.29, 0.717) is 12.8 Å². The number of halogens is 1. The quantitative estimate of drug-likeness (QED) is 0.699. The maximum Gasteiger partial charge on any atom is 0.407 e. The number of carbonyl (C=O) groups is 3. The van der Waals surface area contributed by atoms with Gasteiger partial charge >= 0.3 is 6.09 Å². The number of ether oxygens (including phenoxy) is 1. The summed E-state index contributed by atoms with van der Waals surface area (Å²) in [6.45, 7) is 5.28. The number of rotatable bonds is 4. The Balaban J connectivity index is 1.82. The van der Waals surface area contributed by atoms with Crippen molar-refractivity contribution in [3.05, 3.63) is 35.6 Å². The molecule has 7 nitrogen and oxygen atoms in total. The number of alkyl carbamates (subject to hydrolysis) is 1. The summed E-state index contributed by atoms with van der Waals surface area (Å²) in [4.78, 5) is 36.2. The zero-order valence-corrected chi connectivity index (χ0v) is 15.8. The van der Waals surface area contributed by atoms with Crippen molar-refractivity contribution in [3.8, 4) is 0 Å². The van der Waals surface area contributed by atoms with E-state index in [0.717, 1.165) is 6.42 Å². The number of nitrogens with one attached hydrogen (secondary N) is 3. The van der Waals surface area contributed by atoms with E-state index in [9.17, 15) is 18.8 Å². The first-order chi connectivity index (χ1) is 12.7. The van der Waals surface area contributed by atoms with Crippen molar-refractivity contribution in [3.63, 3.8) is 0 Å². The fourth-order valence-electron chi connectivity index (χ4n) is 2.99. The van der Waals surface area contributed by atoms with E-state index in [4.69, 9.17) is 4.74 Å². The monoisotopic (exact) mass is 379 g/mol. The van der Waals surface area contributed by atoms with Gasteiger partial charge in [-0.2, -0.15) is 0 Å². The summed E-state index contributed by atoms with van der Waals surface area (Å²) in [5.41, 5.74) is 4.28. The van der Waals surface area contributed by atoms with Crippen LogP contribution in [0.3, 0.4) is 0 Å². The first kappa shape index (κ1) is 20.7. The molecule has 1 saturated carbocycles. The molecule has 0 heterocycles. The number of hydrogen-bond acceptors (Lipinski definition) is 4. The van der Waals surface area contributed by atoms with Gasteiger partial charge in [-0.1, -0.05) is 24.6 Å². The summed E-state index contributed by atoms with van der Waals surface area (Å²) in [6.07, 6.45) is 1.27. The van der Waals surface area contributed by atoms with Crippen LogP contribution in [0, 0.1) is 11.7 Å². The number of carbonyl (C=O) groups excluding carboxylic acids is 3. The molecule has 0 radical (unpaired) electrons. The zero-order valence-electron chi connectivity index (χ0n) is 15.8. The smallest absolute Gasteiger partial charge is 0.407 e. The number of hydrazine groups is 1. The van der Waals surface area contributed by atoms with Gasteiger partial charge in [-0.25, -0.2) is 9.18 Å². The van der Waals surface area contributed by atoms with Crippen molar-refractivity contribution in [2.75, 3.05) is 0 Å². The van der Waals surface area contributed by atoms with Crippen LogP contribution in [0.1, 0.15) is 45.6 Å². The van der Waals surface area contributed by atoms with Gasteiger partial charge in [-0.05, 0) is 45.2 Å². The third-order valence-corrected chi connectivity index (χ3v) is 4.19. The van der Waals surface area contributed by atoms with Crippen molar-refractivity contribution in [1.82, 2.24) is 16.2 Å². The molecule has 3 amide bonds. The topological polar surface area (TPSA) is 96.5 Å². The predicted molar refractivity (Wildman–Crippen MR) is 96.9 cm³/mol. The molecule has 27 heavy (non-hydrogen) atoms. The molecule has 1 aliphatic rings. The van der Waals surface area contributed by atoms with Crippen molar-refractivity contribution < 1.29 is 23.5 Å². The Kier molecular flexibility index (Phi) is 6.76. The van der Waals surface area contributed by atoms with Crippen LogP contribution in [-0.2, 0) is 20.7 Å². The highest BCUT2D eigenvalue weighted by atomic mass is 19.1. The van der Waals surface area contributed by atoms with E-state index < -0.39 is 35.2 Å². The van der Waals surface area contributed by atoms with Gasteiger partial charge in [0.05, 0.1) is 12.3 Å². The molecule has 0 unspecified atom stereocenters. The van der Waals surface area contributed by atoms with Crippen molar-refractivity contribution in [1.29, 1.82) is 0 Å². The first-order valence-corrected chi connectivity index (χ1v) is 8.97. The lowest BCUT2D eigenvalue weighted by atomic mass is 10.0. The van der Waals surface area contributed by atoms with Crippen LogP contribution in [0.25, 0.3) is 0 Å². The van der Waals surface area contributed by atoms with Gasteiger partial charge in [-0.15, -0.1) is 0 Å². The molecular formula is C19H26FN3O4. The molecule has 1 fully saturated rings. The molecule has 8 heteroatoms. The summed E-state index contributed by atoms with van der Waals surface area (Å²) in [6, 6.07) is 5.59. The minimum Gasteiger partial charge on any atom is -0.444 e. The van der Waals surface area contributed by atoms with Crippen LogP contribution in [0.15, 0.2) is 24.3 Å².